The maximum absolute atomic E-state index is 12.7. The molecule has 1 saturated carbocycles. The first-order chi connectivity index (χ1) is 9.38. The molecule has 1 aliphatic heterocycles. The summed E-state index contributed by atoms with van der Waals surface area (Å²) in [4.78, 5) is 14.9. The average molecular weight is 279 g/mol. The molecule has 1 amide bonds. The highest BCUT2D eigenvalue weighted by Gasteiger charge is 2.32. The first-order valence-corrected chi connectivity index (χ1v) is 8.66. The van der Waals surface area contributed by atoms with Gasteiger partial charge in [-0.3, -0.25) is 4.79 Å². The van der Waals surface area contributed by atoms with E-state index >= 15 is 0 Å². The minimum Gasteiger partial charge on any atom is -0.342 e. The van der Waals surface area contributed by atoms with Crippen molar-refractivity contribution in [2.45, 2.75) is 72.6 Å². The summed E-state index contributed by atoms with van der Waals surface area (Å²) in [6, 6.07) is 0. The van der Waals surface area contributed by atoms with Gasteiger partial charge in [0.25, 0.3) is 0 Å². The van der Waals surface area contributed by atoms with Crippen molar-refractivity contribution in [3.63, 3.8) is 0 Å². The number of carbonyl (C=O) groups excluding carboxylic acids is 1. The van der Waals surface area contributed by atoms with Crippen LogP contribution in [0.1, 0.15) is 72.6 Å². The topological polar surface area (TPSA) is 20.3 Å². The Balaban J connectivity index is 1.91. The van der Waals surface area contributed by atoms with Crippen molar-refractivity contribution < 1.29 is 4.79 Å². The van der Waals surface area contributed by atoms with Gasteiger partial charge in [0.05, 0.1) is 0 Å². The molecule has 2 heteroatoms. The van der Waals surface area contributed by atoms with Crippen LogP contribution >= 0.6 is 0 Å². The van der Waals surface area contributed by atoms with Crippen LogP contribution in [0.3, 0.4) is 0 Å². The third-order valence-electron chi connectivity index (χ3n) is 5.55. The van der Waals surface area contributed by atoms with Crippen LogP contribution in [-0.2, 0) is 4.79 Å². The van der Waals surface area contributed by atoms with E-state index in [0.29, 0.717) is 17.2 Å². The molecule has 2 nitrogen and oxygen atoms in total. The van der Waals surface area contributed by atoms with E-state index in [4.69, 9.17) is 0 Å². The molecule has 0 bridgehead atoms. The second-order valence-electron chi connectivity index (χ2n) is 8.29. The van der Waals surface area contributed by atoms with Crippen LogP contribution in [0, 0.1) is 23.2 Å². The van der Waals surface area contributed by atoms with Crippen molar-refractivity contribution in [1.82, 2.24) is 4.90 Å². The molecule has 2 aliphatic rings. The fraction of sp³-hybridized carbons (Fsp3) is 0.944. The quantitative estimate of drug-likeness (QED) is 0.692. The average Bonchev–Trinajstić information content (AvgIpc) is 2.63. The number of carbonyl (C=O) groups is 1. The molecule has 116 valence electrons. The van der Waals surface area contributed by atoms with Crippen LogP contribution < -0.4 is 0 Å². The highest BCUT2D eigenvalue weighted by atomic mass is 16.2. The van der Waals surface area contributed by atoms with Crippen molar-refractivity contribution in [1.29, 1.82) is 0 Å². The summed E-state index contributed by atoms with van der Waals surface area (Å²) in [5.74, 6) is 2.30. The van der Waals surface area contributed by atoms with Crippen molar-refractivity contribution in [3.05, 3.63) is 0 Å². The second-order valence-corrected chi connectivity index (χ2v) is 8.29. The van der Waals surface area contributed by atoms with Gasteiger partial charge in [0.15, 0.2) is 0 Å². The molecule has 0 spiro atoms. The molecular formula is C18H33NO. The Morgan fingerprint density at radius 3 is 2.40 bits per heavy atom. The Morgan fingerprint density at radius 1 is 1.00 bits per heavy atom. The van der Waals surface area contributed by atoms with Gasteiger partial charge in [-0.2, -0.15) is 0 Å². The molecular weight excluding hydrogens is 246 g/mol. The molecule has 0 aromatic heterocycles. The standard InChI is InChI=1S/C18H33NO/c1-14-7-5-8-15(13-14)17(20)19-11-6-9-16(10-12-19)18(2,3)4/h14-16H,5-13H2,1-4H3. The highest BCUT2D eigenvalue weighted by Crippen LogP contribution is 2.35. The lowest BCUT2D eigenvalue weighted by atomic mass is 9.77. The Hall–Kier alpha value is -0.530. The molecule has 0 aromatic rings. The fourth-order valence-electron chi connectivity index (χ4n) is 4.10. The molecule has 1 heterocycles. The summed E-state index contributed by atoms with van der Waals surface area (Å²) in [6.07, 6.45) is 8.48. The van der Waals surface area contributed by atoms with Gasteiger partial charge in [-0.1, -0.05) is 40.5 Å². The van der Waals surface area contributed by atoms with Gasteiger partial charge in [-0.15, -0.1) is 0 Å². The van der Waals surface area contributed by atoms with Crippen molar-refractivity contribution in [3.8, 4) is 0 Å². The van der Waals surface area contributed by atoms with Crippen LogP contribution in [0.2, 0.25) is 0 Å². The summed E-state index contributed by atoms with van der Waals surface area (Å²) < 4.78 is 0. The molecule has 0 N–H and O–H groups in total. The molecule has 3 unspecified atom stereocenters. The molecule has 1 aliphatic carbocycles. The van der Waals surface area contributed by atoms with E-state index in [2.05, 4.69) is 32.6 Å². The summed E-state index contributed by atoms with van der Waals surface area (Å²) in [7, 11) is 0. The molecule has 0 aromatic carbocycles. The number of nitrogens with zero attached hydrogens (tertiary/aromatic N) is 1. The van der Waals surface area contributed by atoms with Gasteiger partial charge in [-0.05, 0) is 49.4 Å². The van der Waals surface area contributed by atoms with Crippen molar-refractivity contribution in [2.24, 2.45) is 23.2 Å². The van der Waals surface area contributed by atoms with Crippen LogP contribution in [-0.4, -0.2) is 23.9 Å². The maximum Gasteiger partial charge on any atom is 0.225 e. The number of hydrogen-bond donors (Lipinski definition) is 0. The fourth-order valence-corrected chi connectivity index (χ4v) is 4.10. The molecule has 1 saturated heterocycles. The summed E-state index contributed by atoms with van der Waals surface area (Å²) >= 11 is 0. The van der Waals surface area contributed by atoms with Gasteiger partial charge in [0.2, 0.25) is 5.91 Å². The normalized spacial score (nSPS) is 32.8. The lowest BCUT2D eigenvalue weighted by Gasteiger charge is -2.32. The third-order valence-corrected chi connectivity index (χ3v) is 5.55. The lowest BCUT2D eigenvalue weighted by molar-refractivity contribution is -0.137. The predicted octanol–water partition coefficient (Wildman–Crippen LogP) is 4.49. The van der Waals surface area contributed by atoms with E-state index in [1.54, 1.807) is 0 Å². The minimum absolute atomic E-state index is 0.324. The zero-order valence-electron chi connectivity index (χ0n) is 14.0. The smallest absolute Gasteiger partial charge is 0.225 e. The zero-order chi connectivity index (χ0) is 14.8. The highest BCUT2D eigenvalue weighted by molar-refractivity contribution is 5.79. The van der Waals surface area contributed by atoms with E-state index < -0.39 is 0 Å². The zero-order valence-corrected chi connectivity index (χ0v) is 14.0. The van der Waals surface area contributed by atoms with E-state index in [0.717, 1.165) is 37.8 Å². The summed E-state index contributed by atoms with van der Waals surface area (Å²) in [5, 5.41) is 0. The Bertz CT molecular complexity index is 331. The van der Waals surface area contributed by atoms with Crippen molar-refractivity contribution in [2.75, 3.05) is 13.1 Å². The van der Waals surface area contributed by atoms with Crippen LogP contribution in [0.4, 0.5) is 0 Å². The first kappa shape index (κ1) is 15.9. The van der Waals surface area contributed by atoms with Crippen LogP contribution in [0.15, 0.2) is 0 Å². The molecule has 20 heavy (non-hydrogen) atoms. The van der Waals surface area contributed by atoms with E-state index in [1.807, 2.05) is 0 Å². The SMILES string of the molecule is CC1CCCC(C(=O)N2CCCC(C(C)(C)C)CC2)C1. The Labute approximate surface area is 125 Å². The molecule has 2 fully saturated rings. The maximum atomic E-state index is 12.7. The van der Waals surface area contributed by atoms with E-state index in [9.17, 15) is 4.79 Å². The van der Waals surface area contributed by atoms with E-state index in [-0.39, 0.29) is 0 Å². The van der Waals surface area contributed by atoms with Crippen LogP contribution in [0.5, 0.6) is 0 Å². The van der Waals surface area contributed by atoms with Gasteiger partial charge < -0.3 is 4.90 Å². The molecule has 2 rings (SSSR count). The van der Waals surface area contributed by atoms with Gasteiger partial charge in [0, 0.05) is 19.0 Å². The summed E-state index contributed by atoms with van der Waals surface area (Å²) in [6.45, 7) is 11.3. The third kappa shape index (κ3) is 3.99. The first-order valence-electron chi connectivity index (χ1n) is 8.66. The predicted molar refractivity (Wildman–Crippen MR) is 84.5 cm³/mol. The van der Waals surface area contributed by atoms with Crippen LogP contribution in [0.25, 0.3) is 0 Å². The lowest BCUT2D eigenvalue weighted by Crippen LogP contribution is -2.38. The molecule has 0 radical (unpaired) electrons. The Morgan fingerprint density at radius 2 is 1.75 bits per heavy atom. The van der Waals surface area contributed by atoms with Crippen molar-refractivity contribution >= 4 is 5.91 Å². The largest absolute Gasteiger partial charge is 0.342 e. The minimum atomic E-state index is 0.324. The number of amides is 1. The van der Waals surface area contributed by atoms with E-state index in [1.165, 1.54) is 32.1 Å². The second kappa shape index (κ2) is 6.49. The Kier molecular flexibility index (Phi) is 5.14. The number of rotatable bonds is 1. The van der Waals surface area contributed by atoms with Gasteiger partial charge in [0.1, 0.15) is 0 Å². The number of likely N-dealkylation sites (tertiary alicyclic amines) is 1. The monoisotopic (exact) mass is 279 g/mol. The van der Waals surface area contributed by atoms with Gasteiger partial charge in [-0.25, -0.2) is 0 Å². The summed E-state index contributed by atoms with van der Waals surface area (Å²) in [5.41, 5.74) is 0.387. The van der Waals surface area contributed by atoms with Gasteiger partial charge >= 0.3 is 0 Å². The molecule has 3 atom stereocenters. The number of hydrogen-bond acceptors (Lipinski definition) is 1.